The van der Waals surface area contributed by atoms with E-state index in [0.717, 1.165) is 0 Å². The molecule has 0 amide bonds. The first-order valence-electron chi connectivity index (χ1n) is 4.10. The van der Waals surface area contributed by atoms with Crippen molar-refractivity contribution in [2.75, 3.05) is 53.9 Å². The highest BCUT2D eigenvalue weighted by molar-refractivity contribution is 4.30. The molecule has 0 rings (SSSR count). The minimum atomic E-state index is 0.0417. The van der Waals surface area contributed by atoms with Crippen LogP contribution >= 0.6 is 0 Å². The lowest BCUT2D eigenvalue weighted by Crippen LogP contribution is -2.09. The van der Waals surface area contributed by atoms with Crippen molar-refractivity contribution in [2.24, 2.45) is 0 Å². The highest BCUT2D eigenvalue weighted by Gasteiger charge is 1.86. The standard InChI is InChI=1S/C6H14O4.C2H6O/c7-1-3-9-5-6-10-4-2-8;1-3-2/h7-8H,1-6H2;1-2H3. The van der Waals surface area contributed by atoms with Crippen molar-refractivity contribution < 1.29 is 24.4 Å². The Morgan fingerprint density at radius 3 is 1.31 bits per heavy atom. The van der Waals surface area contributed by atoms with E-state index in [0.29, 0.717) is 26.4 Å². The second-order valence-electron chi connectivity index (χ2n) is 2.08. The van der Waals surface area contributed by atoms with Gasteiger partial charge in [-0.25, -0.2) is 0 Å². The third-order valence-corrected chi connectivity index (χ3v) is 0.843. The topological polar surface area (TPSA) is 68.2 Å². The number of hydrogen-bond acceptors (Lipinski definition) is 5. The number of aliphatic hydroxyl groups excluding tert-OH is 2. The highest BCUT2D eigenvalue weighted by atomic mass is 16.5. The van der Waals surface area contributed by atoms with Crippen LogP contribution in [0.5, 0.6) is 0 Å². The summed E-state index contributed by atoms with van der Waals surface area (Å²) in [5.41, 5.74) is 0. The maximum atomic E-state index is 8.26. The molecular formula is C8H20O5. The molecule has 0 aromatic heterocycles. The van der Waals surface area contributed by atoms with E-state index in [9.17, 15) is 0 Å². The Hall–Kier alpha value is -0.200. The van der Waals surface area contributed by atoms with Crippen molar-refractivity contribution in [3.05, 3.63) is 0 Å². The molecule has 0 aromatic rings. The maximum Gasteiger partial charge on any atom is 0.0701 e. The molecule has 0 radical (unpaired) electrons. The first-order chi connectivity index (χ1) is 6.33. The molecule has 0 spiro atoms. The van der Waals surface area contributed by atoms with E-state index in [1.165, 1.54) is 0 Å². The zero-order valence-corrected chi connectivity index (χ0v) is 8.36. The maximum absolute atomic E-state index is 8.26. The molecule has 82 valence electrons. The number of aliphatic hydroxyl groups is 2. The molecule has 0 aliphatic rings. The Morgan fingerprint density at radius 2 is 1.08 bits per heavy atom. The van der Waals surface area contributed by atoms with Gasteiger partial charge in [0.1, 0.15) is 0 Å². The van der Waals surface area contributed by atoms with Gasteiger partial charge in [-0.15, -0.1) is 0 Å². The Bertz CT molecular complexity index is 61.6. The van der Waals surface area contributed by atoms with Crippen molar-refractivity contribution in [1.82, 2.24) is 0 Å². The molecule has 0 bridgehead atoms. The van der Waals surface area contributed by atoms with E-state index in [2.05, 4.69) is 4.74 Å². The van der Waals surface area contributed by atoms with Crippen LogP contribution in [-0.4, -0.2) is 64.1 Å². The Morgan fingerprint density at radius 1 is 0.769 bits per heavy atom. The van der Waals surface area contributed by atoms with Crippen molar-refractivity contribution in [1.29, 1.82) is 0 Å². The lowest BCUT2D eigenvalue weighted by Gasteiger charge is -2.01. The highest BCUT2D eigenvalue weighted by Crippen LogP contribution is 1.76. The van der Waals surface area contributed by atoms with Crippen LogP contribution in [0.15, 0.2) is 0 Å². The van der Waals surface area contributed by atoms with Gasteiger partial charge in [0, 0.05) is 14.2 Å². The first kappa shape index (κ1) is 15.3. The van der Waals surface area contributed by atoms with E-state index in [1.54, 1.807) is 14.2 Å². The van der Waals surface area contributed by atoms with Gasteiger partial charge in [0.05, 0.1) is 39.6 Å². The minimum Gasteiger partial charge on any atom is -0.394 e. The quantitative estimate of drug-likeness (QED) is 0.525. The zero-order valence-electron chi connectivity index (χ0n) is 8.36. The van der Waals surface area contributed by atoms with Crippen molar-refractivity contribution in [3.63, 3.8) is 0 Å². The monoisotopic (exact) mass is 196 g/mol. The molecule has 0 heterocycles. The summed E-state index contributed by atoms with van der Waals surface area (Å²) in [5, 5.41) is 16.5. The van der Waals surface area contributed by atoms with E-state index >= 15 is 0 Å². The van der Waals surface area contributed by atoms with Crippen LogP contribution < -0.4 is 0 Å². The molecule has 0 atom stereocenters. The van der Waals surface area contributed by atoms with Gasteiger partial charge in [-0.2, -0.15) is 0 Å². The van der Waals surface area contributed by atoms with E-state index in [4.69, 9.17) is 19.7 Å². The molecule has 5 nitrogen and oxygen atoms in total. The molecular weight excluding hydrogens is 176 g/mol. The molecule has 13 heavy (non-hydrogen) atoms. The summed E-state index contributed by atoms with van der Waals surface area (Å²) in [6.45, 7) is 1.73. The fraction of sp³-hybridized carbons (Fsp3) is 1.00. The zero-order chi connectivity index (χ0) is 10.4. The fourth-order valence-electron chi connectivity index (χ4n) is 0.451. The molecule has 0 fully saturated rings. The predicted octanol–water partition coefficient (Wildman–Crippen LogP) is -0.733. The average molecular weight is 196 g/mol. The van der Waals surface area contributed by atoms with E-state index < -0.39 is 0 Å². The molecule has 0 aliphatic heterocycles. The summed E-state index contributed by atoms with van der Waals surface area (Å²) in [7, 11) is 3.25. The summed E-state index contributed by atoms with van der Waals surface area (Å²) in [6, 6.07) is 0. The smallest absolute Gasteiger partial charge is 0.0701 e. The molecule has 0 aliphatic carbocycles. The molecule has 5 heteroatoms. The van der Waals surface area contributed by atoms with E-state index in [1.807, 2.05) is 0 Å². The number of methoxy groups -OCH3 is 1. The number of hydrogen-bond donors (Lipinski definition) is 2. The first-order valence-corrected chi connectivity index (χ1v) is 4.10. The lowest BCUT2D eigenvalue weighted by molar-refractivity contribution is 0.0222. The van der Waals surface area contributed by atoms with Gasteiger partial charge in [-0.05, 0) is 0 Å². The number of rotatable bonds is 7. The van der Waals surface area contributed by atoms with Gasteiger partial charge in [-0.3, -0.25) is 0 Å². The van der Waals surface area contributed by atoms with Crippen LogP contribution in [-0.2, 0) is 14.2 Å². The second-order valence-corrected chi connectivity index (χ2v) is 2.08. The summed E-state index contributed by atoms with van der Waals surface area (Å²) < 4.78 is 14.0. The van der Waals surface area contributed by atoms with Gasteiger partial charge in [0.15, 0.2) is 0 Å². The van der Waals surface area contributed by atoms with Crippen LogP contribution in [0.1, 0.15) is 0 Å². The third kappa shape index (κ3) is 24.5. The number of ether oxygens (including phenoxy) is 3. The van der Waals surface area contributed by atoms with Crippen LogP contribution in [0.4, 0.5) is 0 Å². The Kier molecular flexibility index (Phi) is 20.9. The van der Waals surface area contributed by atoms with Gasteiger partial charge in [0.2, 0.25) is 0 Å². The summed E-state index contributed by atoms with van der Waals surface area (Å²) >= 11 is 0. The fourth-order valence-corrected chi connectivity index (χ4v) is 0.451. The molecule has 0 aromatic carbocycles. The Balaban J connectivity index is 0. The van der Waals surface area contributed by atoms with Gasteiger partial charge in [-0.1, -0.05) is 0 Å². The molecule has 2 N–H and O–H groups in total. The van der Waals surface area contributed by atoms with Crippen LogP contribution in [0.3, 0.4) is 0 Å². The lowest BCUT2D eigenvalue weighted by atomic mass is 10.7. The second kappa shape index (κ2) is 17.8. The molecule has 0 saturated heterocycles. The van der Waals surface area contributed by atoms with Crippen LogP contribution in [0, 0.1) is 0 Å². The Labute approximate surface area is 79.2 Å². The van der Waals surface area contributed by atoms with Crippen LogP contribution in [0.2, 0.25) is 0 Å². The largest absolute Gasteiger partial charge is 0.394 e. The van der Waals surface area contributed by atoms with Gasteiger partial charge >= 0.3 is 0 Å². The molecule has 0 unspecified atom stereocenters. The van der Waals surface area contributed by atoms with Gasteiger partial charge in [0.25, 0.3) is 0 Å². The summed E-state index contributed by atoms with van der Waals surface area (Å²) in [6.07, 6.45) is 0. The van der Waals surface area contributed by atoms with Crippen molar-refractivity contribution >= 4 is 0 Å². The SMILES string of the molecule is COC.OCCOCCOCCO. The third-order valence-electron chi connectivity index (χ3n) is 0.843. The predicted molar refractivity (Wildman–Crippen MR) is 48.7 cm³/mol. The van der Waals surface area contributed by atoms with Crippen LogP contribution in [0.25, 0.3) is 0 Å². The minimum absolute atomic E-state index is 0.0417. The average Bonchev–Trinajstić information content (AvgIpc) is 2.13. The van der Waals surface area contributed by atoms with E-state index in [-0.39, 0.29) is 13.2 Å². The van der Waals surface area contributed by atoms with Gasteiger partial charge < -0.3 is 24.4 Å². The normalized spacial score (nSPS) is 9.23. The van der Waals surface area contributed by atoms with Crippen molar-refractivity contribution in [3.8, 4) is 0 Å². The summed E-state index contributed by atoms with van der Waals surface area (Å²) in [5.74, 6) is 0. The van der Waals surface area contributed by atoms with Crippen molar-refractivity contribution in [2.45, 2.75) is 0 Å². The molecule has 0 saturated carbocycles. The summed E-state index contributed by atoms with van der Waals surface area (Å²) in [4.78, 5) is 0.